The van der Waals surface area contributed by atoms with Crippen LogP contribution in [0.1, 0.15) is 25.3 Å². The largest absolute Gasteiger partial charge is 0.480 e. The third kappa shape index (κ3) is 4.87. The predicted octanol–water partition coefficient (Wildman–Crippen LogP) is 2.90. The highest BCUT2D eigenvalue weighted by Gasteiger charge is 2.26. The minimum absolute atomic E-state index is 0. The molecule has 1 fully saturated rings. The fourth-order valence-electron chi connectivity index (χ4n) is 2.41. The van der Waals surface area contributed by atoms with Crippen molar-refractivity contribution in [1.29, 1.82) is 0 Å². The molecule has 1 saturated heterocycles. The quantitative estimate of drug-likeness (QED) is 0.881. The summed E-state index contributed by atoms with van der Waals surface area (Å²) in [5.74, 6) is 0.699. The van der Waals surface area contributed by atoms with Crippen molar-refractivity contribution in [2.45, 2.75) is 38.8 Å². The Hall–Kier alpha value is -0.780. The Labute approximate surface area is 140 Å². The summed E-state index contributed by atoms with van der Waals surface area (Å²) in [6, 6.07) is 5.91. The lowest BCUT2D eigenvalue weighted by atomic mass is 10.1. The Morgan fingerprint density at radius 2 is 2.24 bits per heavy atom. The normalized spacial score (nSPS) is 19.6. The molecule has 21 heavy (non-hydrogen) atoms. The van der Waals surface area contributed by atoms with Crippen LogP contribution in [0.25, 0.3) is 0 Å². The zero-order valence-corrected chi connectivity index (χ0v) is 14.7. The number of benzene rings is 1. The third-order valence-corrected chi connectivity index (χ3v) is 4.13. The van der Waals surface area contributed by atoms with E-state index in [1.54, 1.807) is 11.8 Å². The number of hydrogen-bond acceptors (Lipinski definition) is 3. The van der Waals surface area contributed by atoms with Crippen molar-refractivity contribution >= 4 is 34.2 Å². The molecular weight excluding hydrogens is 356 g/mol. The average molecular weight is 378 g/mol. The van der Waals surface area contributed by atoms with Gasteiger partial charge in [0.05, 0.1) is 4.47 Å². The Kier molecular flexibility index (Phi) is 6.97. The van der Waals surface area contributed by atoms with Gasteiger partial charge >= 0.3 is 0 Å². The van der Waals surface area contributed by atoms with Gasteiger partial charge in [0, 0.05) is 19.1 Å². The van der Waals surface area contributed by atoms with Gasteiger partial charge in [0.25, 0.3) is 5.91 Å². The van der Waals surface area contributed by atoms with E-state index in [1.165, 1.54) is 0 Å². The fraction of sp³-hybridized carbons (Fsp3) is 0.533. The van der Waals surface area contributed by atoms with E-state index in [0.717, 1.165) is 29.4 Å². The number of nitrogens with two attached hydrogens (primary N) is 1. The van der Waals surface area contributed by atoms with Crippen LogP contribution in [0.3, 0.4) is 0 Å². The molecule has 1 heterocycles. The van der Waals surface area contributed by atoms with E-state index in [2.05, 4.69) is 15.9 Å². The first-order valence-corrected chi connectivity index (χ1v) is 7.74. The first-order valence-electron chi connectivity index (χ1n) is 6.94. The zero-order valence-electron chi connectivity index (χ0n) is 12.3. The third-order valence-electron chi connectivity index (χ3n) is 3.51. The van der Waals surface area contributed by atoms with Crippen molar-refractivity contribution in [1.82, 2.24) is 4.90 Å². The van der Waals surface area contributed by atoms with E-state index in [-0.39, 0.29) is 24.4 Å². The number of halogens is 2. The number of amides is 1. The molecule has 0 aliphatic carbocycles. The van der Waals surface area contributed by atoms with Crippen molar-refractivity contribution in [3.8, 4) is 5.75 Å². The minimum atomic E-state index is -0.501. The molecule has 0 radical (unpaired) electrons. The van der Waals surface area contributed by atoms with E-state index in [4.69, 9.17) is 10.5 Å². The summed E-state index contributed by atoms with van der Waals surface area (Å²) in [7, 11) is 0. The molecule has 6 heteroatoms. The molecule has 1 aliphatic rings. The van der Waals surface area contributed by atoms with Crippen LogP contribution in [-0.4, -0.2) is 36.0 Å². The van der Waals surface area contributed by atoms with E-state index in [9.17, 15) is 4.79 Å². The summed E-state index contributed by atoms with van der Waals surface area (Å²) < 4.78 is 6.64. The summed E-state index contributed by atoms with van der Waals surface area (Å²) in [6.45, 7) is 5.20. The molecule has 0 saturated carbocycles. The van der Waals surface area contributed by atoms with Gasteiger partial charge in [-0.2, -0.15) is 0 Å². The van der Waals surface area contributed by atoms with Gasteiger partial charge < -0.3 is 15.4 Å². The number of piperidine rings is 1. The van der Waals surface area contributed by atoms with Gasteiger partial charge in [-0.3, -0.25) is 4.79 Å². The lowest BCUT2D eigenvalue weighted by molar-refractivity contribution is -0.139. The van der Waals surface area contributed by atoms with Crippen molar-refractivity contribution in [3.05, 3.63) is 28.2 Å². The van der Waals surface area contributed by atoms with Crippen molar-refractivity contribution in [3.63, 3.8) is 0 Å². The number of ether oxygens (including phenoxy) is 1. The number of carbonyl (C=O) groups excluding carboxylic acids is 1. The molecule has 2 unspecified atom stereocenters. The van der Waals surface area contributed by atoms with Crippen molar-refractivity contribution in [2.75, 3.05) is 13.1 Å². The van der Waals surface area contributed by atoms with Crippen LogP contribution in [0.15, 0.2) is 22.7 Å². The van der Waals surface area contributed by atoms with Crippen LogP contribution in [0.2, 0.25) is 0 Å². The predicted molar refractivity (Wildman–Crippen MR) is 90.0 cm³/mol. The number of likely N-dealkylation sites (tertiary alicyclic amines) is 1. The molecule has 118 valence electrons. The Bertz CT molecular complexity index is 499. The van der Waals surface area contributed by atoms with E-state index in [1.807, 2.05) is 25.1 Å². The lowest BCUT2D eigenvalue weighted by Gasteiger charge is -2.32. The molecule has 2 rings (SSSR count). The second kappa shape index (κ2) is 8.01. The maximum atomic E-state index is 12.4. The Morgan fingerprint density at radius 3 is 2.86 bits per heavy atom. The molecule has 2 atom stereocenters. The Balaban J connectivity index is 0.00000220. The summed E-state index contributed by atoms with van der Waals surface area (Å²) in [5.41, 5.74) is 7.06. The van der Waals surface area contributed by atoms with Crippen molar-refractivity contribution in [2.24, 2.45) is 5.73 Å². The highest BCUT2D eigenvalue weighted by atomic mass is 79.9. The van der Waals surface area contributed by atoms with Crippen LogP contribution < -0.4 is 10.5 Å². The number of aryl methyl sites for hydroxylation is 1. The van der Waals surface area contributed by atoms with Crippen LogP contribution in [0.5, 0.6) is 5.75 Å². The van der Waals surface area contributed by atoms with Crippen LogP contribution in [-0.2, 0) is 4.79 Å². The van der Waals surface area contributed by atoms with Gasteiger partial charge in [0.15, 0.2) is 6.10 Å². The first-order chi connectivity index (χ1) is 9.47. The number of hydrogen-bond donors (Lipinski definition) is 1. The highest BCUT2D eigenvalue weighted by molar-refractivity contribution is 9.10. The van der Waals surface area contributed by atoms with E-state index >= 15 is 0 Å². The zero-order chi connectivity index (χ0) is 14.7. The van der Waals surface area contributed by atoms with Crippen LogP contribution >= 0.6 is 28.3 Å². The van der Waals surface area contributed by atoms with Gasteiger partial charge in [0.1, 0.15) is 5.75 Å². The summed E-state index contributed by atoms with van der Waals surface area (Å²) >= 11 is 3.46. The lowest BCUT2D eigenvalue weighted by Crippen LogP contribution is -2.49. The van der Waals surface area contributed by atoms with Gasteiger partial charge in [0.2, 0.25) is 0 Å². The average Bonchev–Trinajstić information content (AvgIpc) is 2.41. The van der Waals surface area contributed by atoms with E-state index < -0.39 is 6.10 Å². The molecular formula is C15H22BrClN2O2. The second-order valence-corrected chi connectivity index (χ2v) is 6.23. The van der Waals surface area contributed by atoms with Crippen molar-refractivity contribution < 1.29 is 9.53 Å². The number of carbonyl (C=O) groups is 1. The molecule has 1 aromatic carbocycles. The summed E-state index contributed by atoms with van der Waals surface area (Å²) in [4.78, 5) is 14.2. The van der Waals surface area contributed by atoms with Gasteiger partial charge in [-0.15, -0.1) is 12.4 Å². The van der Waals surface area contributed by atoms with Crippen LogP contribution in [0, 0.1) is 6.92 Å². The van der Waals surface area contributed by atoms with Crippen LogP contribution in [0.4, 0.5) is 0 Å². The molecule has 0 bridgehead atoms. The van der Waals surface area contributed by atoms with Gasteiger partial charge in [-0.05, 0) is 60.3 Å². The topological polar surface area (TPSA) is 55.6 Å². The molecule has 1 aliphatic heterocycles. The second-order valence-electron chi connectivity index (χ2n) is 5.38. The summed E-state index contributed by atoms with van der Waals surface area (Å²) in [5, 5.41) is 0. The molecule has 2 N–H and O–H groups in total. The molecule has 1 aromatic rings. The monoisotopic (exact) mass is 376 g/mol. The maximum Gasteiger partial charge on any atom is 0.263 e. The number of rotatable bonds is 3. The van der Waals surface area contributed by atoms with Gasteiger partial charge in [-0.1, -0.05) is 6.07 Å². The minimum Gasteiger partial charge on any atom is -0.480 e. The Morgan fingerprint density at radius 1 is 1.52 bits per heavy atom. The molecule has 0 spiro atoms. The summed E-state index contributed by atoms with van der Waals surface area (Å²) in [6.07, 6.45) is 1.45. The SMILES string of the molecule is Cc1ccc(OC(C)C(=O)N2CCCC(N)C2)c(Br)c1.Cl. The molecule has 4 nitrogen and oxygen atoms in total. The number of nitrogens with zero attached hydrogens (tertiary/aromatic N) is 1. The molecule has 1 amide bonds. The molecule has 0 aromatic heterocycles. The highest BCUT2D eigenvalue weighted by Crippen LogP contribution is 2.27. The maximum absolute atomic E-state index is 12.4. The van der Waals surface area contributed by atoms with Gasteiger partial charge in [-0.25, -0.2) is 0 Å². The smallest absolute Gasteiger partial charge is 0.263 e. The van der Waals surface area contributed by atoms with E-state index in [0.29, 0.717) is 12.3 Å². The first kappa shape index (κ1) is 18.3. The standard InChI is InChI=1S/C15H21BrN2O2.ClH/c1-10-5-6-14(13(16)8-10)20-11(2)15(19)18-7-3-4-12(17)9-18;/h5-6,8,11-12H,3-4,7,9,17H2,1-2H3;1H. The fourth-order valence-corrected chi connectivity index (χ4v) is 3.00.